The molecule has 0 atom stereocenters. The van der Waals surface area contributed by atoms with E-state index in [-0.39, 0.29) is 0 Å². The molecule has 0 aliphatic heterocycles. The standard InChI is InChI=1S/C15H28N4OS/c1-4-16-15(18-13-14-7-5-12-21-14)17-8-10-19(2)9-6-11-20-3/h5,7,12H,4,6,8-11,13H2,1-3H3,(H2,16,17,18). The molecule has 0 spiro atoms. The first-order valence-corrected chi connectivity index (χ1v) is 8.36. The molecule has 1 aromatic heterocycles. The number of rotatable bonds is 10. The average Bonchev–Trinajstić information content (AvgIpc) is 2.98. The summed E-state index contributed by atoms with van der Waals surface area (Å²) in [7, 11) is 3.88. The predicted molar refractivity (Wildman–Crippen MR) is 91.1 cm³/mol. The van der Waals surface area contributed by atoms with E-state index in [1.165, 1.54) is 4.88 Å². The molecule has 6 heteroatoms. The van der Waals surface area contributed by atoms with E-state index in [0.717, 1.165) is 51.7 Å². The minimum Gasteiger partial charge on any atom is -0.385 e. The first-order valence-electron chi connectivity index (χ1n) is 7.48. The van der Waals surface area contributed by atoms with Crippen LogP contribution in [0.3, 0.4) is 0 Å². The lowest BCUT2D eigenvalue weighted by Crippen LogP contribution is -2.41. The second kappa shape index (κ2) is 11.5. The van der Waals surface area contributed by atoms with Gasteiger partial charge >= 0.3 is 0 Å². The van der Waals surface area contributed by atoms with E-state index in [1.54, 1.807) is 18.4 Å². The van der Waals surface area contributed by atoms with Crippen molar-refractivity contribution in [2.24, 2.45) is 4.99 Å². The molecule has 1 rings (SSSR count). The highest BCUT2D eigenvalue weighted by molar-refractivity contribution is 7.09. The minimum atomic E-state index is 0.733. The van der Waals surface area contributed by atoms with Crippen LogP contribution in [0, 0.1) is 0 Å². The second-order valence-corrected chi connectivity index (χ2v) is 5.88. The highest BCUT2D eigenvalue weighted by Crippen LogP contribution is 2.09. The van der Waals surface area contributed by atoms with Gasteiger partial charge in [-0.3, -0.25) is 0 Å². The molecular formula is C15H28N4OS. The summed E-state index contributed by atoms with van der Waals surface area (Å²) in [5.41, 5.74) is 0. The summed E-state index contributed by atoms with van der Waals surface area (Å²) in [4.78, 5) is 8.18. The number of aliphatic imine (C=N–C) groups is 1. The van der Waals surface area contributed by atoms with Gasteiger partial charge in [-0.1, -0.05) is 6.07 Å². The van der Waals surface area contributed by atoms with Gasteiger partial charge < -0.3 is 20.3 Å². The lowest BCUT2D eigenvalue weighted by molar-refractivity contribution is 0.180. The van der Waals surface area contributed by atoms with E-state index in [1.807, 2.05) is 0 Å². The van der Waals surface area contributed by atoms with E-state index in [4.69, 9.17) is 4.74 Å². The third kappa shape index (κ3) is 8.70. The number of hydrogen-bond acceptors (Lipinski definition) is 4. The molecule has 21 heavy (non-hydrogen) atoms. The zero-order chi connectivity index (χ0) is 15.3. The maximum Gasteiger partial charge on any atom is 0.191 e. The van der Waals surface area contributed by atoms with Crippen molar-refractivity contribution < 1.29 is 4.74 Å². The van der Waals surface area contributed by atoms with Crippen LogP contribution >= 0.6 is 11.3 Å². The van der Waals surface area contributed by atoms with Crippen molar-refractivity contribution in [1.29, 1.82) is 0 Å². The molecule has 0 saturated heterocycles. The van der Waals surface area contributed by atoms with Gasteiger partial charge in [-0.05, 0) is 31.8 Å². The fourth-order valence-corrected chi connectivity index (χ4v) is 2.49. The Kier molecular flexibility index (Phi) is 9.86. The number of likely N-dealkylation sites (N-methyl/N-ethyl adjacent to an activating group) is 1. The van der Waals surface area contributed by atoms with Crippen LogP contribution in [0.5, 0.6) is 0 Å². The summed E-state index contributed by atoms with van der Waals surface area (Å²) in [5.74, 6) is 0.885. The lowest BCUT2D eigenvalue weighted by Gasteiger charge is -2.18. The van der Waals surface area contributed by atoms with E-state index < -0.39 is 0 Å². The van der Waals surface area contributed by atoms with Crippen molar-refractivity contribution in [2.75, 3.05) is 46.9 Å². The lowest BCUT2D eigenvalue weighted by atomic mass is 10.4. The summed E-state index contributed by atoms with van der Waals surface area (Å²) in [6.45, 7) is 7.45. The smallest absolute Gasteiger partial charge is 0.191 e. The van der Waals surface area contributed by atoms with Crippen molar-refractivity contribution in [3.8, 4) is 0 Å². The van der Waals surface area contributed by atoms with Crippen LogP contribution in [-0.4, -0.2) is 57.8 Å². The Bertz CT molecular complexity index is 381. The second-order valence-electron chi connectivity index (χ2n) is 4.85. The number of thiophene rings is 1. The molecule has 0 radical (unpaired) electrons. The van der Waals surface area contributed by atoms with Crippen molar-refractivity contribution in [2.45, 2.75) is 19.9 Å². The van der Waals surface area contributed by atoms with Crippen LogP contribution in [0.4, 0.5) is 0 Å². The highest BCUT2D eigenvalue weighted by Gasteiger charge is 2.00. The van der Waals surface area contributed by atoms with Crippen LogP contribution < -0.4 is 10.6 Å². The molecule has 5 nitrogen and oxygen atoms in total. The quantitative estimate of drug-likeness (QED) is 0.393. The Morgan fingerprint density at radius 1 is 1.38 bits per heavy atom. The van der Waals surface area contributed by atoms with E-state index >= 15 is 0 Å². The van der Waals surface area contributed by atoms with Crippen LogP contribution in [0.1, 0.15) is 18.2 Å². The molecule has 2 N–H and O–H groups in total. The summed E-state index contributed by atoms with van der Waals surface area (Å²) in [5, 5.41) is 8.73. The van der Waals surface area contributed by atoms with Crippen molar-refractivity contribution >= 4 is 17.3 Å². The molecule has 1 aromatic rings. The maximum absolute atomic E-state index is 5.06. The molecule has 0 aliphatic rings. The van der Waals surface area contributed by atoms with Gasteiger partial charge in [-0.15, -0.1) is 11.3 Å². The number of nitrogens with zero attached hydrogens (tertiary/aromatic N) is 2. The van der Waals surface area contributed by atoms with Crippen molar-refractivity contribution in [1.82, 2.24) is 15.5 Å². The Morgan fingerprint density at radius 3 is 2.90 bits per heavy atom. The van der Waals surface area contributed by atoms with Gasteiger partial charge in [-0.25, -0.2) is 4.99 Å². The number of nitrogens with one attached hydrogen (secondary N) is 2. The van der Waals surface area contributed by atoms with E-state index in [2.05, 4.69) is 52.0 Å². The van der Waals surface area contributed by atoms with Gasteiger partial charge in [0.25, 0.3) is 0 Å². The third-order valence-electron chi connectivity index (χ3n) is 2.99. The van der Waals surface area contributed by atoms with Crippen LogP contribution in [0.25, 0.3) is 0 Å². The molecule has 0 bridgehead atoms. The number of hydrogen-bond donors (Lipinski definition) is 2. The molecule has 0 aromatic carbocycles. The SMILES string of the molecule is CCNC(=NCc1cccs1)NCCN(C)CCCOC. The summed E-state index contributed by atoms with van der Waals surface area (Å²) >= 11 is 1.74. The van der Waals surface area contributed by atoms with Gasteiger partial charge in [-0.2, -0.15) is 0 Å². The monoisotopic (exact) mass is 312 g/mol. The van der Waals surface area contributed by atoms with Gasteiger partial charge in [0.15, 0.2) is 5.96 Å². The molecule has 0 unspecified atom stereocenters. The zero-order valence-electron chi connectivity index (χ0n) is 13.4. The number of guanidine groups is 1. The van der Waals surface area contributed by atoms with E-state index in [0.29, 0.717) is 0 Å². The zero-order valence-corrected chi connectivity index (χ0v) is 14.2. The van der Waals surface area contributed by atoms with Gasteiger partial charge in [0.05, 0.1) is 6.54 Å². The molecule has 0 saturated carbocycles. The highest BCUT2D eigenvalue weighted by atomic mass is 32.1. The molecule has 0 aliphatic carbocycles. The molecule has 0 fully saturated rings. The van der Waals surface area contributed by atoms with Gasteiger partial charge in [0.1, 0.15) is 0 Å². The van der Waals surface area contributed by atoms with Crippen LogP contribution in [0.15, 0.2) is 22.5 Å². The Labute approximate surface area is 132 Å². The normalized spacial score (nSPS) is 11.9. The van der Waals surface area contributed by atoms with Crippen molar-refractivity contribution in [3.05, 3.63) is 22.4 Å². The largest absolute Gasteiger partial charge is 0.385 e. The summed E-state index contributed by atoms with van der Waals surface area (Å²) in [6.07, 6.45) is 1.07. The van der Waals surface area contributed by atoms with Crippen LogP contribution in [-0.2, 0) is 11.3 Å². The molecule has 1 heterocycles. The fourth-order valence-electron chi connectivity index (χ4n) is 1.86. The Morgan fingerprint density at radius 2 is 2.24 bits per heavy atom. The maximum atomic E-state index is 5.06. The van der Waals surface area contributed by atoms with Gasteiger partial charge in [0, 0.05) is 44.8 Å². The first kappa shape index (κ1) is 17.9. The topological polar surface area (TPSA) is 48.9 Å². The van der Waals surface area contributed by atoms with E-state index in [9.17, 15) is 0 Å². The Balaban J connectivity index is 2.25. The van der Waals surface area contributed by atoms with Crippen LogP contribution in [0.2, 0.25) is 0 Å². The van der Waals surface area contributed by atoms with Crippen molar-refractivity contribution in [3.63, 3.8) is 0 Å². The number of methoxy groups -OCH3 is 1. The molecule has 0 amide bonds. The Hall–Kier alpha value is -1.11. The first-order chi connectivity index (χ1) is 10.3. The molecular weight excluding hydrogens is 284 g/mol. The number of ether oxygens (including phenoxy) is 1. The predicted octanol–water partition coefficient (Wildman–Crippen LogP) is 1.77. The molecule has 120 valence electrons. The average molecular weight is 312 g/mol. The minimum absolute atomic E-state index is 0.733. The van der Waals surface area contributed by atoms with Gasteiger partial charge in [0.2, 0.25) is 0 Å². The summed E-state index contributed by atoms with van der Waals surface area (Å²) in [6, 6.07) is 4.17. The summed E-state index contributed by atoms with van der Waals surface area (Å²) < 4.78 is 5.06. The fraction of sp³-hybridized carbons (Fsp3) is 0.667. The third-order valence-corrected chi connectivity index (χ3v) is 3.85.